The molecule has 11 heteroatoms. The number of methoxy groups -OCH3 is 2. The Bertz CT molecular complexity index is 1670. The SMILES string of the molecule is COc1ccc(NC(=O)Cn2c(=O)n(Cc3ncco3)c(=O)c3sc4ccccc4c32)c(OC)c1. The van der Waals surface area contributed by atoms with E-state index in [1.54, 1.807) is 18.2 Å². The quantitative estimate of drug-likeness (QED) is 0.371. The van der Waals surface area contributed by atoms with Gasteiger partial charge in [0, 0.05) is 16.2 Å². The summed E-state index contributed by atoms with van der Waals surface area (Å²) in [6.45, 7) is -0.472. The summed E-state index contributed by atoms with van der Waals surface area (Å²) in [5.74, 6) is 0.725. The summed E-state index contributed by atoms with van der Waals surface area (Å²) in [6, 6.07) is 12.4. The van der Waals surface area contributed by atoms with Crippen molar-refractivity contribution in [3.05, 3.63) is 81.7 Å². The monoisotopic (exact) mass is 492 g/mol. The normalized spacial score (nSPS) is 11.1. The van der Waals surface area contributed by atoms with Gasteiger partial charge in [0.05, 0.1) is 31.6 Å². The zero-order chi connectivity index (χ0) is 24.5. The minimum absolute atomic E-state index is 0.150. The number of oxazole rings is 1. The summed E-state index contributed by atoms with van der Waals surface area (Å²) in [5, 5.41) is 3.50. The topological polar surface area (TPSA) is 118 Å². The van der Waals surface area contributed by atoms with Gasteiger partial charge in [-0.2, -0.15) is 0 Å². The van der Waals surface area contributed by atoms with E-state index in [1.807, 2.05) is 24.3 Å². The van der Waals surface area contributed by atoms with Gasteiger partial charge < -0.3 is 19.2 Å². The van der Waals surface area contributed by atoms with Crippen molar-refractivity contribution < 1.29 is 18.7 Å². The predicted molar refractivity (Wildman–Crippen MR) is 132 cm³/mol. The number of benzene rings is 2. The van der Waals surface area contributed by atoms with Gasteiger partial charge in [0.2, 0.25) is 11.8 Å². The third kappa shape index (κ3) is 4.06. The molecule has 0 bridgehead atoms. The van der Waals surface area contributed by atoms with E-state index in [4.69, 9.17) is 13.9 Å². The molecule has 3 aromatic heterocycles. The van der Waals surface area contributed by atoms with Gasteiger partial charge >= 0.3 is 5.69 Å². The minimum atomic E-state index is -0.638. The fraction of sp³-hybridized carbons (Fsp3) is 0.167. The van der Waals surface area contributed by atoms with Crippen LogP contribution in [0.25, 0.3) is 20.3 Å². The molecule has 0 saturated carbocycles. The maximum atomic E-state index is 13.5. The lowest BCUT2D eigenvalue weighted by Gasteiger charge is -2.14. The third-order valence-corrected chi connectivity index (χ3v) is 6.65. The largest absolute Gasteiger partial charge is 0.497 e. The van der Waals surface area contributed by atoms with Crippen LogP contribution in [0, 0.1) is 0 Å². The minimum Gasteiger partial charge on any atom is -0.497 e. The number of anilines is 1. The number of carbonyl (C=O) groups is 1. The van der Waals surface area contributed by atoms with E-state index in [2.05, 4.69) is 10.3 Å². The van der Waals surface area contributed by atoms with E-state index in [1.165, 1.54) is 42.6 Å². The Morgan fingerprint density at radius 3 is 2.69 bits per heavy atom. The second kappa shape index (κ2) is 9.11. The molecule has 1 amide bonds. The van der Waals surface area contributed by atoms with E-state index in [0.717, 1.165) is 14.7 Å². The van der Waals surface area contributed by atoms with Crippen LogP contribution in [0.1, 0.15) is 5.89 Å². The molecule has 0 aliphatic carbocycles. The highest BCUT2D eigenvalue weighted by molar-refractivity contribution is 7.25. The van der Waals surface area contributed by atoms with Crippen molar-refractivity contribution in [1.82, 2.24) is 14.1 Å². The average Bonchev–Trinajstić information content (AvgIpc) is 3.52. The number of nitrogens with one attached hydrogen (secondary N) is 1. The first kappa shape index (κ1) is 22.4. The molecule has 10 nitrogen and oxygen atoms in total. The van der Waals surface area contributed by atoms with Gasteiger partial charge in [-0.05, 0) is 18.2 Å². The van der Waals surface area contributed by atoms with Crippen LogP contribution < -0.4 is 26.0 Å². The number of ether oxygens (including phenoxy) is 2. The van der Waals surface area contributed by atoms with Crippen LogP contribution in [0.15, 0.2) is 68.9 Å². The van der Waals surface area contributed by atoms with Crippen molar-refractivity contribution in [2.45, 2.75) is 13.1 Å². The van der Waals surface area contributed by atoms with Crippen molar-refractivity contribution in [3.63, 3.8) is 0 Å². The molecule has 0 spiro atoms. The van der Waals surface area contributed by atoms with Gasteiger partial charge in [0.1, 0.15) is 35.6 Å². The van der Waals surface area contributed by atoms with Crippen LogP contribution in [-0.4, -0.2) is 34.2 Å². The molecule has 0 atom stereocenters. The van der Waals surface area contributed by atoms with E-state index in [-0.39, 0.29) is 19.0 Å². The van der Waals surface area contributed by atoms with E-state index in [0.29, 0.717) is 27.4 Å². The van der Waals surface area contributed by atoms with Crippen molar-refractivity contribution in [2.24, 2.45) is 0 Å². The Morgan fingerprint density at radius 2 is 1.94 bits per heavy atom. The Morgan fingerprint density at radius 1 is 1.11 bits per heavy atom. The Hall–Kier alpha value is -4.38. The predicted octanol–water partition coefficient (Wildman–Crippen LogP) is 3.07. The van der Waals surface area contributed by atoms with Crippen LogP contribution in [0.2, 0.25) is 0 Å². The van der Waals surface area contributed by atoms with Gasteiger partial charge in [0.15, 0.2) is 0 Å². The third-order valence-electron chi connectivity index (χ3n) is 5.50. The lowest BCUT2D eigenvalue weighted by Crippen LogP contribution is -2.41. The highest BCUT2D eigenvalue weighted by atomic mass is 32.1. The summed E-state index contributed by atoms with van der Waals surface area (Å²) in [5.41, 5.74) is -0.258. The molecule has 0 fully saturated rings. The van der Waals surface area contributed by atoms with Crippen LogP contribution in [-0.2, 0) is 17.9 Å². The molecule has 1 N–H and O–H groups in total. The molecular formula is C24H20N4O6S. The summed E-state index contributed by atoms with van der Waals surface area (Å²) < 4.78 is 19.3. The van der Waals surface area contributed by atoms with E-state index < -0.39 is 17.2 Å². The highest BCUT2D eigenvalue weighted by Crippen LogP contribution is 2.31. The fourth-order valence-electron chi connectivity index (χ4n) is 3.88. The molecule has 178 valence electrons. The van der Waals surface area contributed by atoms with Crippen molar-refractivity contribution in [1.29, 1.82) is 0 Å². The fourth-order valence-corrected chi connectivity index (χ4v) is 5.04. The molecular weight excluding hydrogens is 472 g/mol. The van der Waals surface area contributed by atoms with Crippen molar-refractivity contribution >= 4 is 43.2 Å². The molecule has 5 rings (SSSR count). The van der Waals surface area contributed by atoms with Gasteiger partial charge in [0.25, 0.3) is 5.56 Å². The molecule has 0 aliphatic heterocycles. The molecule has 0 unspecified atom stereocenters. The lowest BCUT2D eigenvalue weighted by atomic mass is 10.2. The van der Waals surface area contributed by atoms with Crippen molar-refractivity contribution in [2.75, 3.05) is 19.5 Å². The van der Waals surface area contributed by atoms with Gasteiger partial charge in [-0.25, -0.2) is 14.3 Å². The highest BCUT2D eigenvalue weighted by Gasteiger charge is 2.21. The number of fused-ring (bicyclic) bond motifs is 3. The number of thiophene rings is 1. The van der Waals surface area contributed by atoms with Gasteiger partial charge in [-0.3, -0.25) is 14.2 Å². The van der Waals surface area contributed by atoms with Crippen LogP contribution in [0.5, 0.6) is 11.5 Å². The van der Waals surface area contributed by atoms with Crippen molar-refractivity contribution in [3.8, 4) is 11.5 Å². The number of hydrogen-bond acceptors (Lipinski definition) is 8. The van der Waals surface area contributed by atoms with E-state index >= 15 is 0 Å². The van der Waals surface area contributed by atoms with Gasteiger partial charge in [-0.15, -0.1) is 11.3 Å². The zero-order valence-corrected chi connectivity index (χ0v) is 19.6. The van der Waals surface area contributed by atoms with Crippen LogP contribution >= 0.6 is 11.3 Å². The number of amides is 1. The molecule has 0 aliphatic rings. The number of carbonyl (C=O) groups excluding carboxylic acids is 1. The molecule has 0 radical (unpaired) electrons. The second-order valence-corrected chi connectivity index (χ2v) is 8.63. The maximum Gasteiger partial charge on any atom is 0.332 e. The lowest BCUT2D eigenvalue weighted by molar-refractivity contribution is -0.116. The summed E-state index contributed by atoms with van der Waals surface area (Å²) >= 11 is 1.27. The number of rotatable bonds is 7. The number of aromatic nitrogens is 3. The first-order valence-electron chi connectivity index (χ1n) is 10.5. The first-order chi connectivity index (χ1) is 17.0. The van der Waals surface area contributed by atoms with Crippen LogP contribution in [0.3, 0.4) is 0 Å². The number of nitrogens with zero attached hydrogens (tertiary/aromatic N) is 3. The first-order valence-corrected chi connectivity index (χ1v) is 11.4. The smallest absolute Gasteiger partial charge is 0.332 e. The molecule has 2 aromatic carbocycles. The van der Waals surface area contributed by atoms with Crippen LogP contribution in [0.4, 0.5) is 5.69 Å². The standard InChI is InChI=1S/C24H20N4O6S/c1-32-14-7-8-16(17(11-14)33-2)26-19(29)12-27-21-15-5-3-4-6-18(15)35-22(21)23(30)28(24(27)31)13-20-25-9-10-34-20/h3-11H,12-13H2,1-2H3,(H,26,29). The second-order valence-electron chi connectivity index (χ2n) is 7.58. The molecule has 35 heavy (non-hydrogen) atoms. The van der Waals surface area contributed by atoms with Gasteiger partial charge in [-0.1, -0.05) is 18.2 Å². The Kier molecular flexibility index (Phi) is 5.83. The summed E-state index contributed by atoms with van der Waals surface area (Å²) in [7, 11) is 3.01. The Labute approximate surface area is 202 Å². The summed E-state index contributed by atoms with van der Waals surface area (Å²) in [4.78, 5) is 43.9. The maximum absolute atomic E-state index is 13.5. The summed E-state index contributed by atoms with van der Waals surface area (Å²) in [6.07, 6.45) is 2.80. The molecule has 0 saturated heterocycles. The zero-order valence-electron chi connectivity index (χ0n) is 18.8. The average molecular weight is 493 g/mol. The van der Waals surface area contributed by atoms with E-state index in [9.17, 15) is 14.4 Å². The Balaban J connectivity index is 1.61. The molecule has 3 heterocycles. The number of hydrogen-bond donors (Lipinski definition) is 1. The molecule has 5 aromatic rings.